The Morgan fingerprint density at radius 1 is 1.54 bits per heavy atom. The molecule has 0 bridgehead atoms. The van der Waals surface area contributed by atoms with Crippen LogP contribution in [0, 0.1) is 0 Å². The van der Waals surface area contributed by atoms with Crippen molar-refractivity contribution in [2.24, 2.45) is 0 Å². The van der Waals surface area contributed by atoms with Crippen LogP contribution in [0.1, 0.15) is 0 Å². The van der Waals surface area contributed by atoms with E-state index in [1.54, 1.807) is 0 Å². The van der Waals surface area contributed by atoms with E-state index in [9.17, 15) is 18.0 Å². The average Bonchev–Trinajstić information content (AvgIpc) is 2.01. The van der Waals surface area contributed by atoms with E-state index in [1.165, 1.54) is 12.2 Å². The Bertz CT molecular complexity index is 236. The van der Waals surface area contributed by atoms with Crippen LogP contribution in [0.25, 0.3) is 0 Å². The second-order valence-corrected chi connectivity index (χ2v) is 2.70. The highest BCUT2D eigenvalue weighted by Gasteiger charge is 2.42. The second kappa shape index (κ2) is 3.37. The molecule has 0 saturated heterocycles. The molecule has 1 atom stereocenters. The Morgan fingerprint density at radius 3 is 2.62 bits per heavy atom. The first-order valence-electron chi connectivity index (χ1n) is 3.62. The van der Waals surface area contributed by atoms with Gasteiger partial charge >= 0.3 is 12.1 Å². The van der Waals surface area contributed by atoms with E-state index in [0.29, 0.717) is 4.90 Å². The Balaban J connectivity index is 2.64. The van der Waals surface area contributed by atoms with Crippen molar-refractivity contribution in [1.29, 1.82) is 0 Å². The SMILES string of the molecule is O=C(N1CC=CC(O)C1)C(F)(F)F. The summed E-state index contributed by atoms with van der Waals surface area (Å²) in [6.07, 6.45) is -3.16. The van der Waals surface area contributed by atoms with Crippen LogP contribution in [0.15, 0.2) is 12.2 Å². The number of carbonyl (C=O) groups excluding carboxylic acids is 1. The summed E-state index contributed by atoms with van der Waals surface area (Å²) in [5, 5.41) is 8.95. The number of aliphatic hydroxyl groups is 1. The molecule has 1 rings (SSSR count). The molecule has 0 spiro atoms. The fourth-order valence-electron chi connectivity index (χ4n) is 1.05. The molecule has 0 saturated carbocycles. The first-order valence-corrected chi connectivity index (χ1v) is 3.62. The molecule has 74 valence electrons. The Morgan fingerprint density at radius 2 is 2.15 bits per heavy atom. The van der Waals surface area contributed by atoms with E-state index in [-0.39, 0.29) is 13.1 Å². The monoisotopic (exact) mass is 195 g/mol. The van der Waals surface area contributed by atoms with Gasteiger partial charge in [-0.1, -0.05) is 12.2 Å². The fourth-order valence-corrected chi connectivity index (χ4v) is 1.05. The summed E-state index contributed by atoms with van der Waals surface area (Å²) in [5.74, 6) is -1.91. The van der Waals surface area contributed by atoms with Crippen molar-refractivity contribution in [1.82, 2.24) is 4.90 Å². The number of alkyl halides is 3. The van der Waals surface area contributed by atoms with Crippen molar-refractivity contribution in [3.05, 3.63) is 12.2 Å². The zero-order valence-corrected chi connectivity index (χ0v) is 6.58. The lowest BCUT2D eigenvalue weighted by atomic mass is 10.2. The Labute approximate surface area is 72.4 Å². The highest BCUT2D eigenvalue weighted by molar-refractivity contribution is 5.82. The van der Waals surface area contributed by atoms with Crippen LogP contribution in [-0.2, 0) is 4.79 Å². The molecule has 1 heterocycles. The number of amides is 1. The molecular weight excluding hydrogens is 187 g/mol. The zero-order valence-electron chi connectivity index (χ0n) is 6.58. The molecule has 13 heavy (non-hydrogen) atoms. The maximum absolute atomic E-state index is 11.9. The molecule has 1 amide bonds. The average molecular weight is 195 g/mol. The van der Waals surface area contributed by atoms with Gasteiger partial charge in [0, 0.05) is 6.54 Å². The van der Waals surface area contributed by atoms with Gasteiger partial charge in [-0.2, -0.15) is 13.2 Å². The minimum atomic E-state index is -4.86. The van der Waals surface area contributed by atoms with Crippen molar-refractivity contribution < 1.29 is 23.1 Å². The van der Waals surface area contributed by atoms with Crippen LogP contribution in [0.3, 0.4) is 0 Å². The molecule has 0 aliphatic carbocycles. The van der Waals surface area contributed by atoms with Crippen LogP contribution < -0.4 is 0 Å². The van der Waals surface area contributed by atoms with E-state index < -0.39 is 18.2 Å². The minimum Gasteiger partial charge on any atom is -0.387 e. The lowest BCUT2D eigenvalue weighted by Gasteiger charge is -2.26. The molecule has 0 fully saturated rings. The van der Waals surface area contributed by atoms with Gasteiger partial charge in [0.15, 0.2) is 0 Å². The molecule has 0 radical (unpaired) electrons. The summed E-state index contributed by atoms with van der Waals surface area (Å²) >= 11 is 0. The molecule has 0 aromatic heterocycles. The highest BCUT2D eigenvalue weighted by Crippen LogP contribution is 2.19. The summed E-state index contributed by atoms with van der Waals surface area (Å²) in [6.45, 7) is -0.399. The third kappa shape index (κ3) is 2.45. The third-order valence-electron chi connectivity index (χ3n) is 1.62. The molecule has 1 aliphatic heterocycles. The van der Waals surface area contributed by atoms with Gasteiger partial charge in [0.2, 0.25) is 0 Å². The number of carbonyl (C=O) groups is 1. The van der Waals surface area contributed by atoms with Crippen LogP contribution in [0.4, 0.5) is 13.2 Å². The molecule has 0 aromatic rings. The minimum absolute atomic E-state index is 0.102. The summed E-state index contributed by atoms with van der Waals surface area (Å²) in [4.78, 5) is 11.2. The first kappa shape index (κ1) is 10.0. The van der Waals surface area contributed by atoms with Crippen LogP contribution in [0.5, 0.6) is 0 Å². The summed E-state index contributed by atoms with van der Waals surface area (Å²) in [5.41, 5.74) is 0. The standard InChI is InChI=1S/C7H8F3NO2/c8-7(9,10)6(13)11-3-1-2-5(12)4-11/h1-2,5,12H,3-4H2. The summed E-state index contributed by atoms with van der Waals surface area (Å²) in [7, 11) is 0. The molecule has 3 nitrogen and oxygen atoms in total. The number of hydrogen-bond acceptors (Lipinski definition) is 2. The van der Waals surface area contributed by atoms with E-state index >= 15 is 0 Å². The lowest BCUT2D eigenvalue weighted by molar-refractivity contribution is -0.186. The number of nitrogens with zero attached hydrogens (tertiary/aromatic N) is 1. The predicted molar refractivity (Wildman–Crippen MR) is 37.8 cm³/mol. The van der Waals surface area contributed by atoms with E-state index in [4.69, 9.17) is 5.11 Å². The molecule has 1 aliphatic rings. The number of β-amino-alcohol motifs (C(OH)–C–C–N with tert-alkyl or cyclic N) is 1. The summed E-state index contributed by atoms with van der Waals surface area (Å²) < 4.78 is 35.6. The van der Waals surface area contributed by atoms with Crippen molar-refractivity contribution in [2.45, 2.75) is 12.3 Å². The largest absolute Gasteiger partial charge is 0.471 e. The summed E-state index contributed by atoms with van der Waals surface area (Å²) in [6, 6.07) is 0. The molecular formula is C7H8F3NO2. The van der Waals surface area contributed by atoms with Gasteiger partial charge in [0.25, 0.3) is 0 Å². The number of halogens is 3. The van der Waals surface area contributed by atoms with Gasteiger partial charge in [0.1, 0.15) is 0 Å². The highest BCUT2D eigenvalue weighted by atomic mass is 19.4. The van der Waals surface area contributed by atoms with Crippen molar-refractivity contribution in [3.63, 3.8) is 0 Å². The van der Waals surface area contributed by atoms with Crippen molar-refractivity contribution in [3.8, 4) is 0 Å². The van der Waals surface area contributed by atoms with E-state index in [1.807, 2.05) is 0 Å². The topological polar surface area (TPSA) is 40.5 Å². The quantitative estimate of drug-likeness (QED) is 0.565. The van der Waals surface area contributed by atoms with Crippen LogP contribution in [-0.4, -0.2) is 41.3 Å². The Kier molecular flexibility index (Phi) is 2.60. The van der Waals surface area contributed by atoms with Crippen molar-refractivity contribution >= 4 is 5.91 Å². The zero-order chi connectivity index (χ0) is 10.1. The second-order valence-electron chi connectivity index (χ2n) is 2.70. The van der Waals surface area contributed by atoms with Gasteiger partial charge < -0.3 is 10.0 Å². The predicted octanol–water partition coefficient (Wildman–Crippen LogP) is 0.308. The van der Waals surface area contributed by atoms with Gasteiger partial charge in [-0.15, -0.1) is 0 Å². The maximum Gasteiger partial charge on any atom is 0.471 e. The fraction of sp³-hybridized carbons (Fsp3) is 0.571. The number of aliphatic hydroxyl groups excluding tert-OH is 1. The number of rotatable bonds is 0. The van der Waals surface area contributed by atoms with Crippen LogP contribution in [0.2, 0.25) is 0 Å². The van der Waals surface area contributed by atoms with Crippen molar-refractivity contribution in [2.75, 3.05) is 13.1 Å². The maximum atomic E-state index is 11.9. The Hall–Kier alpha value is -1.04. The van der Waals surface area contributed by atoms with E-state index in [0.717, 1.165) is 0 Å². The first-order chi connectivity index (χ1) is 5.91. The normalized spacial score (nSPS) is 23.4. The third-order valence-corrected chi connectivity index (χ3v) is 1.62. The smallest absolute Gasteiger partial charge is 0.387 e. The van der Waals surface area contributed by atoms with Gasteiger partial charge in [-0.25, -0.2) is 0 Å². The van der Waals surface area contributed by atoms with E-state index in [2.05, 4.69) is 0 Å². The van der Waals surface area contributed by atoms with Gasteiger partial charge in [-0.3, -0.25) is 4.79 Å². The lowest BCUT2D eigenvalue weighted by Crippen LogP contribution is -2.46. The molecule has 1 unspecified atom stereocenters. The molecule has 1 N–H and O–H groups in total. The molecule has 0 aromatic carbocycles. The van der Waals surface area contributed by atoms with Gasteiger partial charge in [0.05, 0.1) is 12.6 Å². The van der Waals surface area contributed by atoms with Gasteiger partial charge in [-0.05, 0) is 0 Å². The number of hydrogen-bond donors (Lipinski definition) is 1. The molecule has 6 heteroatoms. The van der Waals surface area contributed by atoms with Crippen LogP contribution >= 0.6 is 0 Å².